The number of furan rings is 1. The van der Waals surface area contributed by atoms with Crippen molar-refractivity contribution in [3.63, 3.8) is 0 Å². The number of aryl methyl sites for hydroxylation is 2. The first-order chi connectivity index (χ1) is 11.9. The van der Waals surface area contributed by atoms with Crippen molar-refractivity contribution in [3.8, 4) is 0 Å². The number of amides is 1. The number of carbonyl (C=O) groups excluding carboxylic acids is 1. The number of rotatable bonds is 4. The van der Waals surface area contributed by atoms with Crippen LogP contribution < -0.4 is 0 Å². The van der Waals surface area contributed by atoms with Crippen LogP contribution in [0.25, 0.3) is 10.9 Å². The van der Waals surface area contributed by atoms with Gasteiger partial charge in [-0.2, -0.15) is 0 Å². The van der Waals surface area contributed by atoms with E-state index < -0.39 is 0 Å². The third-order valence-electron chi connectivity index (χ3n) is 5.45. The van der Waals surface area contributed by atoms with E-state index in [9.17, 15) is 4.79 Å². The second-order valence-electron chi connectivity index (χ2n) is 7.42. The van der Waals surface area contributed by atoms with E-state index >= 15 is 0 Å². The lowest BCUT2D eigenvalue weighted by molar-refractivity contribution is 0.0775. The molecule has 1 aliphatic rings. The van der Waals surface area contributed by atoms with Gasteiger partial charge < -0.3 is 14.3 Å². The zero-order valence-electron chi connectivity index (χ0n) is 15.2. The van der Waals surface area contributed by atoms with Crippen LogP contribution in [0.3, 0.4) is 0 Å². The number of benzene rings is 1. The highest BCUT2D eigenvalue weighted by Crippen LogP contribution is 2.47. The van der Waals surface area contributed by atoms with Crippen LogP contribution in [0.4, 0.5) is 0 Å². The van der Waals surface area contributed by atoms with Gasteiger partial charge >= 0.3 is 0 Å². The van der Waals surface area contributed by atoms with E-state index in [4.69, 9.17) is 4.42 Å². The van der Waals surface area contributed by atoms with E-state index in [1.54, 1.807) is 4.90 Å². The molecule has 3 aromatic rings. The number of hydrogen-bond donors (Lipinski definition) is 1. The standard InChI is InChI=1S/C21H24N2O2/c1-12-9-17(12)20-8-6-16(25-20)11-23(4)21(24)15-5-7-19-18(10-15)13(2)14(3)22-19/h5-8,10,12,17,22H,9,11H2,1-4H3/t12-,17+/m1/s1. The van der Waals surface area contributed by atoms with E-state index in [0.29, 0.717) is 18.0 Å². The summed E-state index contributed by atoms with van der Waals surface area (Å²) >= 11 is 0. The molecule has 0 spiro atoms. The number of carbonyl (C=O) groups is 1. The number of hydrogen-bond acceptors (Lipinski definition) is 2. The van der Waals surface area contributed by atoms with Crippen LogP contribution in [0, 0.1) is 19.8 Å². The molecule has 1 amide bonds. The van der Waals surface area contributed by atoms with Gasteiger partial charge in [-0.3, -0.25) is 4.79 Å². The fraction of sp³-hybridized carbons (Fsp3) is 0.381. The fourth-order valence-electron chi connectivity index (χ4n) is 3.52. The van der Waals surface area contributed by atoms with Gasteiger partial charge in [0.15, 0.2) is 0 Å². The summed E-state index contributed by atoms with van der Waals surface area (Å²) in [4.78, 5) is 17.9. The summed E-state index contributed by atoms with van der Waals surface area (Å²) in [6.07, 6.45) is 1.21. The maximum Gasteiger partial charge on any atom is 0.254 e. The van der Waals surface area contributed by atoms with E-state index in [2.05, 4.69) is 31.8 Å². The van der Waals surface area contributed by atoms with Gasteiger partial charge in [0, 0.05) is 35.1 Å². The highest BCUT2D eigenvalue weighted by molar-refractivity contribution is 5.98. The molecule has 4 rings (SSSR count). The maximum atomic E-state index is 12.8. The predicted octanol–water partition coefficient (Wildman–Crippen LogP) is 4.77. The number of aromatic nitrogens is 1. The topological polar surface area (TPSA) is 49.2 Å². The van der Waals surface area contributed by atoms with Crippen molar-refractivity contribution in [3.05, 3.63) is 58.7 Å². The highest BCUT2D eigenvalue weighted by Gasteiger charge is 2.36. The van der Waals surface area contributed by atoms with Crippen molar-refractivity contribution < 1.29 is 9.21 Å². The monoisotopic (exact) mass is 336 g/mol. The van der Waals surface area contributed by atoms with Gasteiger partial charge in [0.2, 0.25) is 0 Å². The summed E-state index contributed by atoms with van der Waals surface area (Å²) in [5.41, 5.74) is 4.12. The Labute approximate surface area is 147 Å². The largest absolute Gasteiger partial charge is 0.464 e. The molecule has 130 valence electrons. The summed E-state index contributed by atoms with van der Waals surface area (Å²) in [6, 6.07) is 9.89. The third kappa shape index (κ3) is 2.86. The smallest absolute Gasteiger partial charge is 0.254 e. The Morgan fingerprint density at radius 3 is 2.76 bits per heavy atom. The lowest BCUT2D eigenvalue weighted by Crippen LogP contribution is -2.25. The quantitative estimate of drug-likeness (QED) is 0.746. The number of nitrogens with one attached hydrogen (secondary N) is 1. The number of H-pyrrole nitrogens is 1. The van der Waals surface area contributed by atoms with Gasteiger partial charge in [-0.25, -0.2) is 0 Å². The van der Waals surface area contributed by atoms with Crippen LogP contribution >= 0.6 is 0 Å². The zero-order valence-corrected chi connectivity index (χ0v) is 15.2. The molecule has 0 aliphatic heterocycles. The number of fused-ring (bicyclic) bond motifs is 1. The molecule has 0 saturated heterocycles. The normalized spacial score (nSPS) is 19.4. The van der Waals surface area contributed by atoms with Crippen molar-refractivity contribution in [1.29, 1.82) is 0 Å². The van der Waals surface area contributed by atoms with Crippen LogP contribution in [0.1, 0.15) is 52.4 Å². The van der Waals surface area contributed by atoms with Gasteiger partial charge in [0.25, 0.3) is 5.91 Å². The summed E-state index contributed by atoms with van der Waals surface area (Å²) in [5.74, 6) is 3.20. The molecule has 1 aliphatic carbocycles. The second-order valence-corrected chi connectivity index (χ2v) is 7.42. The minimum Gasteiger partial charge on any atom is -0.464 e. The zero-order chi connectivity index (χ0) is 17.7. The lowest BCUT2D eigenvalue weighted by atomic mass is 10.1. The van der Waals surface area contributed by atoms with Crippen molar-refractivity contribution in [2.75, 3.05) is 7.05 Å². The van der Waals surface area contributed by atoms with Crippen LogP contribution in [0.15, 0.2) is 34.7 Å². The van der Waals surface area contributed by atoms with Crippen LogP contribution in [0.5, 0.6) is 0 Å². The molecule has 1 saturated carbocycles. The van der Waals surface area contributed by atoms with Crippen LogP contribution in [0.2, 0.25) is 0 Å². The molecule has 1 fully saturated rings. The van der Waals surface area contributed by atoms with E-state index in [1.807, 2.05) is 31.3 Å². The first-order valence-electron chi connectivity index (χ1n) is 8.87. The molecule has 25 heavy (non-hydrogen) atoms. The lowest BCUT2D eigenvalue weighted by Gasteiger charge is -2.16. The van der Waals surface area contributed by atoms with Crippen molar-refractivity contribution in [2.45, 2.75) is 39.7 Å². The van der Waals surface area contributed by atoms with Crippen molar-refractivity contribution in [1.82, 2.24) is 9.88 Å². The molecule has 0 unspecified atom stereocenters. The Morgan fingerprint density at radius 2 is 2.04 bits per heavy atom. The third-order valence-corrected chi connectivity index (χ3v) is 5.45. The number of nitrogens with zero attached hydrogens (tertiary/aromatic N) is 1. The molecule has 1 N–H and O–H groups in total. The Morgan fingerprint density at radius 1 is 1.28 bits per heavy atom. The van der Waals surface area contributed by atoms with E-state index in [1.165, 1.54) is 12.0 Å². The fourth-order valence-corrected chi connectivity index (χ4v) is 3.52. The molecule has 2 heterocycles. The Bertz CT molecular complexity index is 950. The van der Waals surface area contributed by atoms with E-state index in [-0.39, 0.29) is 5.91 Å². The van der Waals surface area contributed by atoms with Gasteiger partial charge in [-0.1, -0.05) is 6.92 Å². The molecule has 1 aromatic carbocycles. The average Bonchev–Trinajstić information content (AvgIpc) is 3.02. The van der Waals surface area contributed by atoms with Crippen molar-refractivity contribution >= 4 is 16.8 Å². The van der Waals surface area contributed by atoms with Crippen LogP contribution in [-0.2, 0) is 6.54 Å². The Balaban J connectivity index is 1.51. The molecule has 0 bridgehead atoms. The molecular formula is C21H24N2O2. The summed E-state index contributed by atoms with van der Waals surface area (Å²) in [7, 11) is 1.82. The van der Waals surface area contributed by atoms with Crippen molar-refractivity contribution in [2.24, 2.45) is 5.92 Å². The minimum atomic E-state index is 0.0119. The maximum absolute atomic E-state index is 12.8. The minimum absolute atomic E-state index is 0.0119. The molecule has 2 aromatic heterocycles. The van der Waals surface area contributed by atoms with Crippen LogP contribution in [-0.4, -0.2) is 22.8 Å². The predicted molar refractivity (Wildman–Crippen MR) is 98.8 cm³/mol. The highest BCUT2D eigenvalue weighted by atomic mass is 16.3. The Kier molecular flexibility index (Phi) is 3.71. The average molecular weight is 336 g/mol. The SMILES string of the molecule is Cc1[nH]c2ccc(C(=O)N(C)Cc3ccc([C@H]4C[C@H]4C)o3)cc2c1C. The molecule has 4 heteroatoms. The number of aromatic amines is 1. The first-order valence-corrected chi connectivity index (χ1v) is 8.87. The summed E-state index contributed by atoms with van der Waals surface area (Å²) < 4.78 is 5.93. The summed E-state index contributed by atoms with van der Waals surface area (Å²) in [6.45, 7) is 6.86. The molecule has 0 radical (unpaired) electrons. The van der Waals surface area contributed by atoms with Gasteiger partial charge in [-0.05, 0) is 62.1 Å². The van der Waals surface area contributed by atoms with E-state index in [0.717, 1.165) is 34.0 Å². The Hall–Kier alpha value is -2.49. The van der Waals surface area contributed by atoms with Gasteiger partial charge in [0.1, 0.15) is 11.5 Å². The molecular weight excluding hydrogens is 312 g/mol. The molecule has 4 nitrogen and oxygen atoms in total. The second kappa shape index (κ2) is 5.80. The summed E-state index contributed by atoms with van der Waals surface area (Å²) in [5, 5.41) is 1.11. The van der Waals surface area contributed by atoms with Gasteiger partial charge in [0.05, 0.1) is 6.54 Å². The molecule has 2 atom stereocenters. The first kappa shape index (κ1) is 16.0. The van der Waals surface area contributed by atoms with Gasteiger partial charge in [-0.15, -0.1) is 0 Å².